The van der Waals surface area contributed by atoms with Crippen molar-refractivity contribution in [3.8, 4) is 5.75 Å². The van der Waals surface area contributed by atoms with Crippen LogP contribution in [-0.4, -0.2) is 45.9 Å². The molecule has 3 amide bonds. The van der Waals surface area contributed by atoms with Crippen molar-refractivity contribution in [3.63, 3.8) is 0 Å². The third-order valence-electron chi connectivity index (χ3n) is 7.15. The Morgan fingerprint density at radius 3 is 2.66 bits per heavy atom. The second-order valence-corrected chi connectivity index (χ2v) is 9.57. The summed E-state index contributed by atoms with van der Waals surface area (Å²) in [4.78, 5) is 41.6. The summed E-state index contributed by atoms with van der Waals surface area (Å²) in [6.07, 6.45) is 5.61. The minimum absolute atomic E-state index is 0.113. The Hall–Kier alpha value is -3.75. The van der Waals surface area contributed by atoms with E-state index in [1.54, 1.807) is 43.4 Å². The largest absolute Gasteiger partial charge is 0.497 e. The van der Waals surface area contributed by atoms with Gasteiger partial charge in [0.25, 0.3) is 5.91 Å². The zero-order valence-corrected chi connectivity index (χ0v) is 20.2. The first-order valence-electron chi connectivity index (χ1n) is 11.9. The highest BCUT2D eigenvalue weighted by atomic mass is 16.5. The molecule has 1 aliphatic heterocycles. The van der Waals surface area contributed by atoms with Crippen molar-refractivity contribution in [2.24, 2.45) is 0 Å². The lowest BCUT2D eigenvalue weighted by Crippen LogP contribution is -2.64. The number of anilines is 1. The third-order valence-corrected chi connectivity index (χ3v) is 7.15. The lowest BCUT2D eigenvalue weighted by molar-refractivity contribution is -0.134. The summed E-state index contributed by atoms with van der Waals surface area (Å²) >= 11 is 0. The van der Waals surface area contributed by atoms with E-state index in [4.69, 9.17) is 9.15 Å². The van der Waals surface area contributed by atoms with Crippen LogP contribution in [-0.2, 0) is 22.7 Å². The van der Waals surface area contributed by atoms with E-state index in [9.17, 15) is 14.4 Å². The maximum absolute atomic E-state index is 14.1. The van der Waals surface area contributed by atoms with E-state index < -0.39 is 5.54 Å². The van der Waals surface area contributed by atoms with Gasteiger partial charge in [-0.15, -0.1) is 0 Å². The van der Waals surface area contributed by atoms with Gasteiger partial charge in [-0.3, -0.25) is 14.4 Å². The molecule has 0 unspecified atom stereocenters. The smallest absolute Gasteiger partial charge is 0.274 e. The molecule has 9 heteroatoms. The summed E-state index contributed by atoms with van der Waals surface area (Å²) in [7, 11) is 1.57. The van der Waals surface area contributed by atoms with E-state index in [2.05, 4.69) is 10.6 Å². The Morgan fingerprint density at radius 1 is 1.23 bits per heavy atom. The van der Waals surface area contributed by atoms with Gasteiger partial charge in [0.05, 0.1) is 37.7 Å². The van der Waals surface area contributed by atoms with Crippen molar-refractivity contribution in [2.45, 2.75) is 64.2 Å². The van der Waals surface area contributed by atoms with Crippen molar-refractivity contribution < 1.29 is 23.5 Å². The number of rotatable bonds is 6. The number of methoxy groups -OCH3 is 1. The Kier molecular flexibility index (Phi) is 5.78. The molecule has 2 aromatic heterocycles. The van der Waals surface area contributed by atoms with Crippen molar-refractivity contribution in [1.82, 2.24) is 14.8 Å². The maximum atomic E-state index is 14.1. The molecule has 2 N–H and O–H groups in total. The topological polar surface area (TPSA) is 106 Å². The van der Waals surface area contributed by atoms with Crippen LogP contribution in [0.15, 0.2) is 41.0 Å². The predicted octanol–water partition coefficient (Wildman–Crippen LogP) is 3.67. The number of ether oxygens (including phenoxy) is 1. The van der Waals surface area contributed by atoms with Crippen LogP contribution in [0.1, 0.15) is 55.8 Å². The summed E-state index contributed by atoms with van der Waals surface area (Å²) in [5, 5.41) is 6.72. The van der Waals surface area contributed by atoms with Gasteiger partial charge in [0.15, 0.2) is 0 Å². The first-order valence-corrected chi connectivity index (χ1v) is 11.9. The van der Waals surface area contributed by atoms with Gasteiger partial charge in [-0.1, -0.05) is 12.8 Å². The first kappa shape index (κ1) is 23.0. The SMILES string of the molecule is COc1ccc2c(c1)c(NC(C)=O)c1n2C[C@](C)(C(=O)NC2CCCC2)N(Cc2ccco2)C1=O. The molecule has 1 saturated carbocycles. The highest BCUT2D eigenvalue weighted by Gasteiger charge is 2.49. The molecule has 1 aliphatic carbocycles. The van der Waals surface area contributed by atoms with Crippen LogP contribution >= 0.6 is 0 Å². The molecule has 1 aromatic carbocycles. The Balaban J connectivity index is 1.66. The summed E-state index contributed by atoms with van der Waals surface area (Å²) < 4.78 is 12.8. The molecule has 5 rings (SSSR count). The molecule has 35 heavy (non-hydrogen) atoms. The highest BCUT2D eigenvalue weighted by Crippen LogP contribution is 2.40. The number of furan rings is 1. The van der Waals surface area contributed by atoms with Crippen LogP contribution < -0.4 is 15.4 Å². The van der Waals surface area contributed by atoms with E-state index in [-0.39, 0.29) is 36.9 Å². The number of hydrogen-bond donors (Lipinski definition) is 2. The van der Waals surface area contributed by atoms with Crippen molar-refractivity contribution in [1.29, 1.82) is 0 Å². The summed E-state index contributed by atoms with van der Waals surface area (Å²) in [6.45, 7) is 3.57. The van der Waals surface area contributed by atoms with Gasteiger partial charge >= 0.3 is 0 Å². The Morgan fingerprint density at radius 2 is 2.00 bits per heavy atom. The fourth-order valence-corrected chi connectivity index (χ4v) is 5.31. The zero-order valence-electron chi connectivity index (χ0n) is 20.2. The molecule has 0 bridgehead atoms. The third kappa shape index (κ3) is 3.94. The van der Waals surface area contributed by atoms with Gasteiger partial charge in [-0.25, -0.2) is 0 Å². The number of carbonyl (C=O) groups excluding carboxylic acids is 3. The van der Waals surface area contributed by atoms with E-state index in [0.717, 1.165) is 31.2 Å². The Labute approximate surface area is 203 Å². The van der Waals surface area contributed by atoms with Gasteiger partial charge in [0.1, 0.15) is 22.7 Å². The number of hydrogen-bond acceptors (Lipinski definition) is 5. The number of amides is 3. The Bertz CT molecular complexity index is 1290. The van der Waals surface area contributed by atoms with Crippen LogP contribution in [0.4, 0.5) is 5.69 Å². The van der Waals surface area contributed by atoms with Crippen LogP contribution in [0.2, 0.25) is 0 Å². The number of nitrogens with zero attached hydrogens (tertiary/aromatic N) is 2. The van der Waals surface area contributed by atoms with Crippen molar-refractivity contribution in [3.05, 3.63) is 48.0 Å². The standard InChI is InChI=1S/C26H30N4O5/c1-16(31)27-22-20-13-18(34-3)10-11-21(20)29-15-26(2,25(33)28-17-7-4-5-8-17)30(24(32)23(22)29)14-19-9-6-12-35-19/h6,9-13,17H,4-5,7-8,14-15H2,1-3H3,(H,27,31)(H,28,33)/t26-/m1/s1. The van der Waals surface area contributed by atoms with E-state index >= 15 is 0 Å². The lowest BCUT2D eigenvalue weighted by atomic mass is 9.93. The number of nitrogens with one attached hydrogen (secondary N) is 2. The van der Waals surface area contributed by atoms with E-state index in [1.165, 1.54) is 6.92 Å². The fourth-order valence-electron chi connectivity index (χ4n) is 5.31. The van der Waals surface area contributed by atoms with Gasteiger partial charge in [-0.2, -0.15) is 0 Å². The number of benzene rings is 1. The second-order valence-electron chi connectivity index (χ2n) is 9.57. The fraction of sp³-hybridized carbons (Fsp3) is 0.423. The number of fused-ring (bicyclic) bond motifs is 3. The van der Waals surface area contributed by atoms with Crippen LogP contribution in [0, 0.1) is 0 Å². The van der Waals surface area contributed by atoms with Crippen molar-refractivity contribution >= 4 is 34.3 Å². The van der Waals surface area contributed by atoms with Gasteiger partial charge in [0.2, 0.25) is 11.8 Å². The van der Waals surface area contributed by atoms with Crippen LogP contribution in [0.5, 0.6) is 5.75 Å². The minimum Gasteiger partial charge on any atom is -0.497 e. The number of carbonyl (C=O) groups is 3. The lowest BCUT2D eigenvalue weighted by Gasteiger charge is -2.44. The summed E-state index contributed by atoms with van der Waals surface area (Å²) in [5.74, 6) is 0.349. The molecule has 184 valence electrons. The van der Waals surface area contributed by atoms with Crippen molar-refractivity contribution in [2.75, 3.05) is 12.4 Å². The van der Waals surface area contributed by atoms with Crippen LogP contribution in [0.3, 0.4) is 0 Å². The van der Waals surface area contributed by atoms with Gasteiger partial charge in [0, 0.05) is 18.4 Å². The highest BCUT2D eigenvalue weighted by molar-refractivity contribution is 6.14. The molecule has 3 heterocycles. The molecular formula is C26H30N4O5. The predicted molar refractivity (Wildman–Crippen MR) is 130 cm³/mol. The monoisotopic (exact) mass is 478 g/mol. The van der Waals surface area contributed by atoms with E-state index in [1.807, 2.05) is 16.7 Å². The summed E-state index contributed by atoms with van der Waals surface area (Å²) in [6, 6.07) is 9.11. The van der Waals surface area contributed by atoms with Crippen LogP contribution in [0.25, 0.3) is 10.9 Å². The van der Waals surface area contributed by atoms with Gasteiger partial charge in [-0.05, 0) is 50.1 Å². The first-order chi connectivity index (χ1) is 16.8. The zero-order chi connectivity index (χ0) is 24.7. The molecule has 1 fully saturated rings. The molecule has 2 aliphatic rings. The molecule has 3 aromatic rings. The minimum atomic E-state index is -1.17. The quantitative estimate of drug-likeness (QED) is 0.562. The molecule has 1 atom stereocenters. The van der Waals surface area contributed by atoms with E-state index in [0.29, 0.717) is 28.3 Å². The average molecular weight is 479 g/mol. The van der Waals surface area contributed by atoms with Gasteiger partial charge < -0.3 is 29.3 Å². The molecule has 0 saturated heterocycles. The maximum Gasteiger partial charge on any atom is 0.274 e. The molecular weight excluding hydrogens is 448 g/mol. The molecule has 0 radical (unpaired) electrons. The number of aromatic nitrogens is 1. The average Bonchev–Trinajstić information content (AvgIpc) is 3.58. The molecule has 9 nitrogen and oxygen atoms in total. The molecule has 0 spiro atoms. The second kappa shape index (κ2) is 8.79. The summed E-state index contributed by atoms with van der Waals surface area (Å²) in [5.41, 5.74) is 0.328. The normalized spacial score (nSPS) is 20.2.